The molecule has 0 spiro atoms. The molecule has 174 valence electrons. The first-order chi connectivity index (χ1) is 16.4. The number of rotatable bonds is 7. The van der Waals surface area contributed by atoms with Gasteiger partial charge in [-0.25, -0.2) is 0 Å². The summed E-state index contributed by atoms with van der Waals surface area (Å²) in [5.74, 6) is -0.636. The lowest BCUT2D eigenvalue weighted by molar-refractivity contribution is -0.127. The summed E-state index contributed by atoms with van der Waals surface area (Å²) in [4.78, 5) is 40.2. The molecule has 34 heavy (non-hydrogen) atoms. The molecule has 3 amide bonds. The van der Waals surface area contributed by atoms with Crippen LogP contribution in [0.25, 0.3) is 0 Å². The fourth-order valence-electron chi connectivity index (χ4n) is 4.16. The zero-order valence-corrected chi connectivity index (χ0v) is 19.5. The number of carbonyl (C=O) groups excluding carboxylic acids is 3. The molecule has 0 aromatic heterocycles. The summed E-state index contributed by atoms with van der Waals surface area (Å²) in [6, 6.07) is 23.6. The third-order valence-electron chi connectivity index (χ3n) is 6.00. The van der Waals surface area contributed by atoms with Gasteiger partial charge in [0.1, 0.15) is 6.04 Å². The van der Waals surface area contributed by atoms with E-state index < -0.39 is 6.04 Å². The first kappa shape index (κ1) is 23.2. The molecule has 0 fully saturated rings. The van der Waals surface area contributed by atoms with E-state index in [4.69, 9.17) is 0 Å². The summed E-state index contributed by atoms with van der Waals surface area (Å²) >= 11 is 0. The Hall–Kier alpha value is -3.93. The van der Waals surface area contributed by atoms with E-state index in [1.54, 1.807) is 29.2 Å². The molecule has 0 aliphatic carbocycles. The number of fused-ring (bicyclic) bond motifs is 1. The number of para-hydroxylation sites is 1. The minimum absolute atomic E-state index is 0.0592. The van der Waals surface area contributed by atoms with Crippen LogP contribution in [0, 0.1) is 5.92 Å². The molecule has 6 heteroatoms. The van der Waals surface area contributed by atoms with E-state index >= 15 is 0 Å². The van der Waals surface area contributed by atoms with Crippen LogP contribution in [0.5, 0.6) is 0 Å². The highest BCUT2D eigenvalue weighted by Gasteiger charge is 2.26. The van der Waals surface area contributed by atoms with Crippen LogP contribution in [0.3, 0.4) is 0 Å². The Morgan fingerprint density at radius 3 is 2.26 bits per heavy atom. The van der Waals surface area contributed by atoms with Gasteiger partial charge in [-0.15, -0.1) is 0 Å². The monoisotopic (exact) mass is 455 g/mol. The molecule has 4 rings (SSSR count). The molecule has 0 radical (unpaired) electrons. The molecular weight excluding hydrogens is 426 g/mol. The fourth-order valence-corrected chi connectivity index (χ4v) is 4.16. The van der Waals surface area contributed by atoms with E-state index in [0.717, 1.165) is 17.7 Å². The molecule has 0 bridgehead atoms. The van der Waals surface area contributed by atoms with Crippen LogP contribution in [0.4, 0.5) is 11.4 Å². The molecule has 3 aromatic carbocycles. The molecule has 1 aliphatic rings. The van der Waals surface area contributed by atoms with Gasteiger partial charge in [0.25, 0.3) is 5.91 Å². The predicted octanol–water partition coefficient (Wildman–Crippen LogP) is 4.21. The Morgan fingerprint density at radius 2 is 1.56 bits per heavy atom. The molecule has 1 unspecified atom stereocenters. The Bertz CT molecular complexity index is 1170. The van der Waals surface area contributed by atoms with Crippen molar-refractivity contribution in [2.75, 3.05) is 16.8 Å². The first-order valence-corrected chi connectivity index (χ1v) is 11.6. The summed E-state index contributed by atoms with van der Waals surface area (Å²) < 4.78 is 0. The normalized spacial score (nSPS) is 13.3. The van der Waals surface area contributed by atoms with Crippen molar-refractivity contribution < 1.29 is 14.4 Å². The Morgan fingerprint density at radius 1 is 0.882 bits per heavy atom. The van der Waals surface area contributed by atoms with Crippen molar-refractivity contribution in [3.05, 3.63) is 95.6 Å². The molecule has 0 saturated heterocycles. The number of nitrogens with one attached hydrogen (secondary N) is 2. The number of carbonyl (C=O) groups is 3. The highest BCUT2D eigenvalue weighted by molar-refractivity contribution is 6.07. The van der Waals surface area contributed by atoms with Gasteiger partial charge in [0.2, 0.25) is 11.8 Å². The quantitative estimate of drug-likeness (QED) is 0.560. The van der Waals surface area contributed by atoms with E-state index in [2.05, 4.69) is 10.6 Å². The second-order valence-electron chi connectivity index (χ2n) is 8.85. The summed E-state index contributed by atoms with van der Waals surface area (Å²) in [5.41, 5.74) is 4.16. The molecule has 1 heterocycles. The van der Waals surface area contributed by atoms with Gasteiger partial charge in [-0.3, -0.25) is 14.4 Å². The Labute approximate surface area is 200 Å². The highest BCUT2D eigenvalue weighted by atomic mass is 16.2. The van der Waals surface area contributed by atoms with E-state index in [0.29, 0.717) is 17.8 Å². The maximum Gasteiger partial charge on any atom is 0.258 e. The van der Waals surface area contributed by atoms with Gasteiger partial charge in [0.15, 0.2) is 0 Å². The van der Waals surface area contributed by atoms with Crippen LogP contribution in [0.1, 0.15) is 35.3 Å². The first-order valence-electron chi connectivity index (χ1n) is 11.6. The molecule has 2 N–H and O–H groups in total. The topological polar surface area (TPSA) is 78.5 Å². The highest BCUT2D eigenvalue weighted by Crippen LogP contribution is 2.29. The van der Waals surface area contributed by atoms with E-state index in [9.17, 15) is 14.4 Å². The predicted molar refractivity (Wildman–Crippen MR) is 134 cm³/mol. The lowest BCUT2D eigenvalue weighted by Gasteiger charge is -2.22. The van der Waals surface area contributed by atoms with Crippen LogP contribution in [0.15, 0.2) is 78.9 Å². The second kappa shape index (κ2) is 10.3. The van der Waals surface area contributed by atoms with Gasteiger partial charge in [0, 0.05) is 23.5 Å². The van der Waals surface area contributed by atoms with Crippen molar-refractivity contribution in [2.45, 2.75) is 32.7 Å². The van der Waals surface area contributed by atoms with Crippen LogP contribution < -0.4 is 15.5 Å². The number of anilines is 2. The summed E-state index contributed by atoms with van der Waals surface area (Å²) in [6.45, 7) is 4.45. The molecule has 6 nitrogen and oxygen atoms in total. The van der Waals surface area contributed by atoms with Gasteiger partial charge in [-0.2, -0.15) is 0 Å². The van der Waals surface area contributed by atoms with Crippen LogP contribution in [0.2, 0.25) is 0 Å². The zero-order valence-electron chi connectivity index (χ0n) is 19.5. The number of hydrogen-bond acceptors (Lipinski definition) is 3. The average molecular weight is 456 g/mol. The Kier molecular flexibility index (Phi) is 7.07. The fraction of sp³-hybridized carbons (Fsp3) is 0.250. The van der Waals surface area contributed by atoms with Crippen molar-refractivity contribution >= 4 is 29.1 Å². The maximum atomic E-state index is 13.0. The largest absolute Gasteiger partial charge is 0.344 e. The lowest BCUT2D eigenvalue weighted by atomic mass is 10.0. The van der Waals surface area contributed by atoms with Crippen LogP contribution >= 0.6 is 0 Å². The van der Waals surface area contributed by atoms with Gasteiger partial charge in [-0.05, 0) is 53.8 Å². The minimum atomic E-state index is -0.668. The van der Waals surface area contributed by atoms with Crippen molar-refractivity contribution in [3.8, 4) is 0 Å². The van der Waals surface area contributed by atoms with E-state index in [1.165, 1.54) is 5.56 Å². The summed E-state index contributed by atoms with van der Waals surface area (Å²) in [6.07, 6.45) is 1.07. The number of amides is 3. The molecule has 1 aliphatic heterocycles. The number of hydrogen-bond donors (Lipinski definition) is 2. The molecular formula is C28H29N3O3. The van der Waals surface area contributed by atoms with Gasteiger partial charge in [0.05, 0.1) is 6.42 Å². The van der Waals surface area contributed by atoms with Crippen LogP contribution in [-0.2, 0) is 22.4 Å². The zero-order chi connectivity index (χ0) is 24.1. The third-order valence-corrected chi connectivity index (χ3v) is 6.00. The third kappa shape index (κ3) is 5.34. The number of nitrogens with zero attached hydrogens (tertiary/aromatic N) is 1. The minimum Gasteiger partial charge on any atom is -0.344 e. The standard InChI is InChI=1S/C28H29N3O3/c1-19(2)26(30-25(32)18-20-8-4-3-5-9-20)27(33)29-23-14-12-22(13-15-23)28(34)31-17-16-21-10-6-7-11-24(21)31/h3-15,19,26H,16-18H2,1-2H3,(H,29,33)(H,30,32). The SMILES string of the molecule is CC(C)C(NC(=O)Cc1ccccc1)C(=O)Nc1ccc(C(=O)N2CCc3ccccc32)cc1. The van der Waals surface area contributed by atoms with Crippen LogP contribution in [-0.4, -0.2) is 30.3 Å². The molecule has 1 atom stereocenters. The number of benzene rings is 3. The van der Waals surface area contributed by atoms with Gasteiger partial charge >= 0.3 is 0 Å². The van der Waals surface area contributed by atoms with Crippen molar-refractivity contribution in [3.63, 3.8) is 0 Å². The van der Waals surface area contributed by atoms with Gasteiger partial charge in [-0.1, -0.05) is 62.4 Å². The summed E-state index contributed by atoms with van der Waals surface area (Å²) in [7, 11) is 0. The van der Waals surface area contributed by atoms with Crippen molar-refractivity contribution in [1.29, 1.82) is 0 Å². The van der Waals surface area contributed by atoms with Crippen molar-refractivity contribution in [1.82, 2.24) is 5.32 Å². The smallest absolute Gasteiger partial charge is 0.258 e. The maximum absolute atomic E-state index is 13.0. The van der Waals surface area contributed by atoms with Gasteiger partial charge < -0.3 is 15.5 Å². The van der Waals surface area contributed by atoms with Crippen molar-refractivity contribution in [2.24, 2.45) is 5.92 Å². The van der Waals surface area contributed by atoms with E-state index in [-0.39, 0.29) is 30.1 Å². The lowest BCUT2D eigenvalue weighted by Crippen LogP contribution is -2.47. The Balaban J connectivity index is 1.38. The molecule has 0 saturated carbocycles. The average Bonchev–Trinajstić information content (AvgIpc) is 3.27. The van der Waals surface area contributed by atoms with E-state index in [1.807, 2.05) is 68.4 Å². The second-order valence-corrected chi connectivity index (χ2v) is 8.85. The summed E-state index contributed by atoms with van der Waals surface area (Å²) in [5, 5.41) is 5.71. The molecule has 3 aromatic rings.